The lowest BCUT2D eigenvalue weighted by Crippen LogP contribution is -2.25. The van der Waals surface area contributed by atoms with E-state index in [1.54, 1.807) is 23.2 Å². The van der Waals surface area contributed by atoms with E-state index in [0.29, 0.717) is 31.0 Å². The molecule has 0 saturated heterocycles. The Morgan fingerprint density at radius 1 is 1.12 bits per heavy atom. The fraction of sp³-hybridized carbons (Fsp3) is 0.150. The molecule has 26 heavy (non-hydrogen) atoms. The first-order chi connectivity index (χ1) is 12.7. The number of hydrogen-bond donors (Lipinski definition) is 1. The van der Waals surface area contributed by atoms with E-state index >= 15 is 0 Å². The van der Waals surface area contributed by atoms with Crippen LogP contribution in [0.3, 0.4) is 0 Å². The highest BCUT2D eigenvalue weighted by Gasteiger charge is 2.26. The number of carbonyl (C=O) groups excluding carboxylic acids is 1. The Kier molecular flexibility index (Phi) is 4.23. The van der Waals surface area contributed by atoms with Crippen LogP contribution in [0.5, 0.6) is 5.75 Å². The molecule has 0 bridgehead atoms. The number of nitrogens with zero attached hydrogens (tertiary/aromatic N) is 3. The fourth-order valence-electron chi connectivity index (χ4n) is 2.95. The quantitative estimate of drug-likeness (QED) is 0.785. The van der Waals surface area contributed by atoms with E-state index in [2.05, 4.69) is 9.97 Å². The number of benzene rings is 2. The number of aromatic nitrogens is 2. The molecule has 1 aromatic heterocycles. The van der Waals surface area contributed by atoms with Crippen molar-refractivity contribution in [3.63, 3.8) is 0 Å². The number of fused-ring (bicyclic) bond motifs is 1. The van der Waals surface area contributed by atoms with Crippen LogP contribution in [0.2, 0.25) is 0 Å². The molecule has 130 valence electrons. The Hall–Kier alpha value is -3.41. The predicted octanol–water partition coefficient (Wildman–Crippen LogP) is 2.79. The van der Waals surface area contributed by atoms with Gasteiger partial charge in [-0.2, -0.15) is 0 Å². The third-order valence-corrected chi connectivity index (χ3v) is 4.29. The number of rotatable bonds is 4. The lowest BCUT2D eigenvalue weighted by Gasteiger charge is -2.15. The molecule has 2 N–H and O–H groups in total. The molecule has 0 atom stereocenters. The molecule has 6 heteroatoms. The van der Waals surface area contributed by atoms with Crippen LogP contribution in [0, 0.1) is 0 Å². The summed E-state index contributed by atoms with van der Waals surface area (Å²) in [5.41, 5.74) is 9.03. The summed E-state index contributed by atoms with van der Waals surface area (Å²) >= 11 is 0. The van der Waals surface area contributed by atoms with Crippen LogP contribution < -0.4 is 10.5 Å². The van der Waals surface area contributed by atoms with Crippen LogP contribution in [-0.2, 0) is 19.7 Å². The van der Waals surface area contributed by atoms with Crippen molar-refractivity contribution in [3.05, 3.63) is 83.2 Å². The number of amides is 1. The van der Waals surface area contributed by atoms with Crippen molar-refractivity contribution in [1.82, 2.24) is 14.9 Å². The second-order valence-electron chi connectivity index (χ2n) is 6.16. The van der Waals surface area contributed by atoms with Crippen molar-refractivity contribution >= 4 is 11.9 Å². The van der Waals surface area contributed by atoms with E-state index in [0.717, 1.165) is 16.8 Å². The summed E-state index contributed by atoms with van der Waals surface area (Å²) in [5.74, 6) is 0.835. The molecule has 4 rings (SSSR count). The summed E-state index contributed by atoms with van der Waals surface area (Å²) < 4.78 is 5.81. The minimum atomic E-state index is -0.0632. The molecule has 6 nitrogen and oxygen atoms in total. The van der Waals surface area contributed by atoms with Gasteiger partial charge in [0.2, 0.25) is 5.95 Å². The molecule has 0 spiro atoms. The van der Waals surface area contributed by atoms with Gasteiger partial charge >= 0.3 is 0 Å². The number of nitrogen functional groups attached to an aromatic ring is 1. The molecule has 0 unspecified atom stereocenters. The van der Waals surface area contributed by atoms with E-state index in [1.807, 2.05) is 42.5 Å². The molecular weight excluding hydrogens is 328 g/mol. The van der Waals surface area contributed by atoms with E-state index in [9.17, 15) is 4.79 Å². The standard InChI is InChI=1S/C20H18N4O2/c21-20-22-10-16-11-24(12-18(16)23-20)19(25)15-7-4-8-17(9-15)26-13-14-5-2-1-3-6-14/h1-10H,11-13H2,(H2,21,22,23). The maximum atomic E-state index is 12.8. The lowest BCUT2D eigenvalue weighted by molar-refractivity contribution is 0.0750. The van der Waals surface area contributed by atoms with Crippen LogP contribution in [0.4, 0.5) is 5.95 Å². The lowest BCUT2D eigenvalue weighted by atomic mass is 10.2. The molecule has 2 aromatic carbocycles. The van der Waals surface area contributed by atoms with Crippen LogP contribution in [0.15, 0.2) is 60.8 Å². The first-order valence-corrected chi connectivity index (χ1v) is 8.35. The van der Waals surface area contributed by atoms with Gasteiger partial charge in [0.05, 0.1) is 12.2 Å². The molecule has 1 amide bonds. The molecular formula is C20H18N4O2. The average Bonchev–Trinajstić information content (AvgIpc) is 3.10. The molecule has 0 saturated carbocycles. The molecule has 0 radical (unpaired) electrons. The molecule has 2 heterocycles. The monoisotopic (exact) mass is 346 g/mol. The zero-order valence-electron chi connectivity index (χ0n) is 14.1. The van der Waals surface area contributed by atoms with Crippen LogP contribution >= 0.6 is 0 Å². The molecule has 1 aliphatic heterocycles. The summed E-state index contributed by atoms with van der Waals surface area (Å²) in [4.78, 5) is 22.8. The maximum absolute atomic E-state index is 12.8. The number of hydrogen-bond acceptors (Lipinski definition) is 5. The Morgan fingerprint density at radius 2 is 1.96 bits per heavy atom. The second kappa shape index (κ2) is 6.84. The fourth-order valence-corrected chi connectivity index (χ4v) is 2.95. The van der Waals surface area contributed by atoms with Gasteiger partial charge in [0.25, 0.3) is 5.91 Å². The van der Waals surface area contributed by atoms with Gasteiger partial charge in [-0.3, -0.25) is 4.79 Å². The Labute approximate surface area is 151 Å². The highest BCUT2D eigenvalue weighted by molar-refractivity contribution is 5.94. The van der Waals surface area contributed by atoms with Gasteiger partial charge in [-0.25, -0.2) is 9.97 Å². The highest BCUT2D eigenvalue weighted by Crippen LogP contribution is 2.24. The maximum Gasteiger partial charge on any atom is 0.254 e. The molecule has 3 aromatic rings. The average molecular weight is 346 g/mol. The van der Waals surface area contributed by atoms with Crippen molar-refractivity contribution in [2.24, 2.45) is 0 Å². The van der Waals surface area contributed by atoms with Gasteiger partial charge in [-0.15, -0.1) is 0 Å². The van der Waals surface area contributed by atoms with Gasteiger partial charge in [-0.1, -0.05) is 36.4 Å². The van der Waals surface area contributed by atoms with Crippen molar-refractivity contribution in [1.29, 1.82) is 0 Å². The zero-order valence-corrected chi connectivity index (χ0v) is 14.1. The second-order valence-corrected chi connectivity index (χ2v) is 6.16. The van der Waals surface area contributed by atoms with Gasteiger partial charge in [0.1, 0.15) is 12.4 Å². The zero-order chi connectivity index (χ0) is 17.9. The minimum absolute atomic E-state index is 0.0632. The summed E-state index contributed by atoms with van der Waals surface area (Å²) in [6.45, 7) is 1.39. The van der Waals surface area contributed by atoms with Gasteiger partial charge in [0, 0.05) is 23.9 Å². The number of carbonyl (C=O) groups is 1. The SMILES string of the molecule is Nc1ncc2c(n1)CN(C(=O)c1cccc(OCc3ccccc3)c1)C2. The van der Waals surface area contributed by atoms with Crippen molar-refractivity contribution in [2.75, 3.05) is 5.73 Å². The highest BCUT2D eigenvalue weighted by atomic mass is 16.5. The third kappa shape index (κ3) is 3.35. The van der Waals surface area contributed by atoms with Crippen molar-refractivity contribution < 1.29 is 9.53 Å². The van der Waals surface area contributed by atoms with Crippen LogP contribution in [-0.4, -0.2) is 20.8 Å². The minimum Gasteiger partial charge on any atom is -0.489 e. The largest absolute Gasteiger partial charge is 0.489 e. The van der Waals surface area contributed by atoms with Gasteiger partial charge in [-0.05, 0) is 23.8 Å². The first kappa shape index (κ1) is 16.1. The number of anilines is 1. The summed E-state index contributed by atoms with van der Waals surface area (Å²) in [7, 11) is 0. The Bertz CT molecular complexity index is 944. The van der Waals surface area contributed by atoms with Crippen molar-refractivity contribution in [2.45, 2.75) is 19.7 Å². The first-order valence-electron chi connectivity index (χ1n) is 8.35. The topological polar surface area (TPSA) is 81.3 Å². The summed E-state index contributed by atoms with van der Waals surface area (Å²) in [6, 6.07) is 17.2. The normalized spacial score (nSPS) is 12.7. The summed E-state index contributed by atoms with van der Waals surface area (Å²) in [5, 5.41) is 0. The Morgan fingerprint density at radius 3 is 2.81 bits per heavy atom. The molecule has 1 aliphatic rings. The van der Waals surface area contributed by atoms with Crippen LogP contribution in [0.1, 0.15) is 27.2 Å². The third-order valence-electron chi connectivity index (χ3n) is 4.29. The van der Waals surface area contributed by atoms with E-state index in [4.69, 9.17) is 10.5 Å². The van der Waals surface area contributed by atoms with Gasteiger partial charge in [0.15, 0.2) is 0 Å². The smallest absolute Gasteiger partial charge is 0.254 e. The van der Waals surface area contributed by atoms with Crippen LogP contribution in [0.25, 0.3) is 0 Å². The number of nitrogens with two attached hydrogens (primary N) is 1. The molecule has 0 aliphatic carbocycles. The number of ether oxygens (including phenoxy) is 1. The van der Waals surface area contributed by atoms with Gasteiger partial charge < -0.3 is 15.4 Å². The van der Waals surface area contributed by atoms with E-state index in [1.165, 1.54) is 0 Å². The predicted molar refractivity (Wildman–Crippen MR) is 97.2 cm³/mol. The van der Waals surface area contributed by atoms with E-state index in [-0.39, 0.29) is 11.9 Å². The molecule has 0 fully saturated rings. The van der Waals surface area contributed by atoms with Crippen molar-refractivity contribution in [3.8, 4) is 5.75 Å². The Balaban J connectivity index is 1.46. The summed E-state index contributed by atoms with van der Waals surface area (Å²) in [6.07, 6.45) is 1.68. The van der Waals surface area contributed by atoms with E-state index < -0.39 is 0 Å².